The van der Waals surface area contributed by atoms with E-state index >= 15 is 0 Å². The fourth-order valence-electron chi connectivity index (χ4n) is 1.79. The van der Waals surface area contributed by atoms with E-state index in [0.29, 0.717) is 12.2 Å². The van der Waals surface area contributed by atoms with Crippen LogP contribution in [0.15, 0.2) is 24.5 Å². The van der Waals surface area contributed by atoms with Crippen molar-refractivity contribution in [2.45, 2.75) is 19.9 Å². The van der Waals surface area contributed by atoms with Crippen LogP contribution in [0.3, 0.4) is 0 Å². The number of hydrogen-bond donors (Lipinski definition) is 1. The van der Waals surface area contributed by atoms with Crippen molar-refractivity contribution in [3.05, 3.63) is 41.5 Å². The summed E-state index contributed by atoms with van der Waals surface area (Å²) in [5, 5.41) is 16.5. The molecule has 0 saturated heterocycles. The minimum absolute atomic E-state index is 0.441. The summed E-state index contributed by atoms with van der Waals surface area (Å²) in [6.45, 7) is 2.74. The number of nitriles is 1. The van der Waals surface area contributed by atoms with Gasteiger partial charge < -0.3 is 5.32 Å². The molecule has 5 heteroatoms. The summed E-state index contributed by atoms with van der Waals surface area (Å²) in [4.78, 5) is 3.95. The fraction of sp³-hybridized carbons (Fsp3) is 0.308. The molecule has 2 rings (SSSR count). The van der Waals surface area contributed by atoms with Gasteiger partial charge >= 0.3 is 0 Å². The van der Waals surface area contributed by atoms with Crippen LogP contribution in [-0.4, -0.2) is 14.8 Å². The van der Waals surface area contributed by atoms with Crippen molar-refractivity contribution in [2.75, 3.05) is 5.32 Å². The van der Waals surface area contributed by atoms with E-state index in [-0.39, 0.29) is 0 Å². The van der Waals surface area contributed by atoms with Crippen LogP contribution in [0.2, 0.25) is 0 Å². The summed E-state index contributed by atoms with van der Waals surface area (Å²) in [5.74, 6) is 0. The van der Waals surface area contributed by atoms with Crippen LogP contribution in [0.1, 0.15) is 23.9 Å². The zero-order chi connectivity index (χ0) is 13.0. The van der Waals surface area contributed by atoms with Gasteiger partial charge in [0, 0.05) is 26.0 Å². The molecule has 0 radical (unpaired) electrons. The van der Waals surface area contributed by atoms with Crippen LogP contribution >= 0.6 is 0 Å². The lowest BCUT2D eigenvalue weighted by molar-refractivity contribution is 0.746. The zero-order valence-electron chi connectivity index (χ0n) is 10.5. The van der Waals surface area contributed by atoms with Gasteiger partial charge in [-0.3, -0.25) is 4.68 Å². The second-order valence-corrected chi connectivity index (χ2v) is 4.03. The summed E-state index contributed by atoms with van der Waals surface area (Å²) in [6.07, 6.45) is 4.51. The van der Waals surface area contributed by atoms with Crippen molar-refractivity contribution in [1.29, 1.82) is 5.26 Å². The monoisotopic (exact) mass is 241 g/mol. The maximum Gasteiger partial charge on any atom is 0.140 e. The number of pyridine rings is 1. The molecular formula is C13H15N5. The maximum atomic E-state index is 8.79. The number of aryl methyl sites for hydroxylation is 2. The van der Waals surface area contributed by atoms with Gasteiger partial charge in [0.25, 0.3) is 0 Å². The van der Waals surface area contributed by atoms with Crippen LogP contribution in [0.5, 0.6) is 0 Å². The van der Waals surface area contributed by atoms with Gasteiger partial charge in [0.2, 0.25) is 0 Å². The Morgan fingerprint density at radius 1 is 1.50 bits per heavy atom. The highest BCUT2D eigenvalue weighted by Crippen LogP contribution is 2.15. The van der Waals surface area contributed by atoms with Crippen LogP contribution < -0.4 is 5.32 Å². The standard InChI is InChI=1S/C13H15N5/c1-3-12-13(9-18(2)17-12)16-8-10-4-5-15-11(6-10)7-14/h4-6,9,16H,3,8H2,1-2H3. The van der Waals surface area contributed by atoms with Gasteiger partial charge in [-0.05, 0) is 24.1 Å². The molecule has 0 aliphatic rings. The second kappa shape index (κ2) is 5.32. The molecule has 2 aromatic rings. The van der Waals surface area contributed by atoms with Crippen molar-refractivity contribution in [3.8, 4) is 6.07 Å². The smallest absolute Gasteiger partial charge is 0.140 e. The first-order valence-electron chi connectivity index (χ1n) is 5.84. The highest BCUT2D eigenvalue weighted by molar-refractivity contribution is 5.47. The van der Waals surface area contributed by atoms with E-state index in [1.807, 2.05) is 25.4 Å². The number of hydrogen-bond acceptors (Lipinski definition) is 4. The molecule has 2 aromatic heterocycles. The van der Waals surface area contributed by atoms with Crippen molar-refractivity contribution >= 4 is 5.69 Å². The van der Waals surface area contributed by atoms with Crippen LogP contribution in [0.4, 0.5) is 5.69 Å². The lowest BCUT2D eigenvalue weighted by Crippen LogP contribution is -2.01. The summed E-state index contributed by atoms with van der Waals surface area (Å²) in [7, 11) is 1.91. The molecule has 0 fully saturated rings. The highest BCUT2D eigenvalue weighted by Gasteiger charge is 2.05. The molecule has 0 unspecified atom stereocenters. The number of nitrogens with zero attached hydrogens (tertiary/aromatic N) is 4. The fourth-order valence-corrected chi connectivity index (χ4v) is 1.79. The van der Waals surface area contributed by atoms with Crippen LogP contribution in [0.25, 0.3) is 0 Å². The van der Waals surface area contributed by atoms with E-state index in [1.165, 1.54) is 0 Å². The van der Waals surface area contributed by atoms with Crippen LogP contribution in [0, 0.1) is 11.3 Å². The third kappa shape index (κ3) is 2.66. The number of nitrogens with one attached hydrogen (secondary N) is 1. The van der Waals surface area contributed by atoms with Crippen molar-refractivity contribution in [3.63, 3.8) is 0 Å². The van der Waals surface area contributed by atoms with Gasteiger partial charge in [0.15, 0.2) is 0 Å². The SMILES string of the molecule is CCc1nn(C)cc1NCc1ccnc(C#N)c1. The molecule has 0 atom stereocenters. The minimum Gasteiger partial charge on any atom is -0.378 e. The molecule has 0 bridgehead atoms. The predicted molar refractivity (Wildman–Crippen MR) is 68.9 cm³/mol. The summed E-state index contributed by atoms with van der Waals surface area (Å²) in [6, 6.07) is 5.72. The van der Waals surface area contributed by atoms with Gasteiger partial charge in [-0.1, -0.05) is 6.92 Å². The topological polar surface area (TPSA) is 66.5 Å². The van der Waals surface area contributed by atoms with E-state index in [1.54, 1.807) is 16.9 Å². The van der Waals surface area contributed by atoms with E-state index in [0.717, 1.165) is 23.4 Å². The van der Waals surface area contributed by atoms with E-state index in [4.69, 9.17) is 5.26 Å². The predicted octanol–water partition coefficient (Wildman–Crippen LogP) is 1.86. The Labute approximate surface area is 106 Å². The average molecular weight is 241 g/mol. The Hall–Kier alpha value is -2.35. The van der Waals surface area contributed by atoms with Gasteiger partial charge in [-0.2, -0.15) is 10.4 Å². The number of aromatic nitrogens is 3. The van der Waals surface area contributed by atoms with Crippen molar-refractivity contribution in [2.24, 2.45) is 7.05 Å². The number of rotatable bonds is 4. The Balaban J connectivity index is 2.09. The summed E-state index contributed by atoms with van der Waals surface area (Å²) in [5.41, 5.74) is 3.56. The minimum atomic E-state index is 0.441. The average Bonchev–Trinajstić information content (AvgIpc) is 2.77. The van der Waals surface area contributed by atoms with Gasteiger partial charge in [-0.15, -0.1) is 0 Å². The molecule has 1 N–H and O–H groups in total. The molecule has 0 aromatic carbocycles. The molecule has 5 nitrogen and oxygen atoms in total. The number of anilines is 1. The Morgan fingerprint density at radius 3 is 3.06 bits per heavy atom. The summed E-state index contributed by atoms with van der Waals surface area (Å²) >= 11 is 0. The zero-order valence-corrected chi connectivity index (χ0v) is 10.5. The summed E-state index contributed by atoms with van der Waals surface area (Å²) < 4.78 is 1.80. The van der Waals surface area contributed by atoms with E-state index in [9.17, 15) is 0 Å². The van der Waals surface area contributed by atoms with Crippen molar-refractivity contribution in [1.82, 2.24) is 14.8 Å². The molecule has 92 valence electrons. The lowest BCUT2D eigenvalue weighted by atomic mass is 10.2. The molecule has 2 heterocycles. The molecular weight excluding hydrogens is 226 g/mol. The van der Waals surface area contributed by atoms with Crippen LogP contribution in [-0.2, 0) is 20.0 Å². The first kappa shape index (κ1) is 12.1. The molecule has 0 aliphatic heterocycles. The van der Waals surface area contributed by atoms with Gasteiger partial charge in [-0.25, -0.2) is 4.98 Å². The Morgan fingerprint density at radius 2 is 2.33 bits per heavy atom. The van der Waals surface area contributed by atoms with Gasteiger partial charge in [0.1, 0.15) is 11.8 Å². The molecule has 0 aliphatic carbocycles. The molecule has 0 spiro atoms. The second-order valence-electron chi connectivity index (χ2n) is 4.03. The normalized spacial score (nSPS) is 10.1. The van der Waals surface area contributed by atoms with Gasteiger partial charge in [0.05, 0.1) is 11.4 Å². The Bertz CT molecular complexity index is 579. The largest absolute Gasteiger partial charge is 0.378 e. The van der Waals surface area contributed by atoms with Crippen molar-refractivity contribution < 1.29 is 0 Å². The van der Waals surface area contributed by atoms with E-state index in [2.05, 4.69) is 22.3 Å². The lowest BCUT2D eigenvalue weighted by Gasteiger charge is -2.05. The quantitative estimate of drug-likeness (QED) is 0.887. The molecule has 0 saturated carbocycles. The highest BCUT2D eigenvalue weighted by atomic mass is 15.3. The molecule has 0 amide bonds. The first-order chi connectivity index (χ1) is 8.72. The first-order valence-corrected chi connectivity index (χ1v) is 5.84. The maximum absolute atomic E-state index is 8.79. The molecule has 18 heavy (non-hydrogen) atoms. The Kier molecular flexibility index (Phi) is 3.58. The third-order valence-electron chi connectivity index (χ3n) is 2.66. The van der Waals surface area contributed by atoms with E-state index < -0.39 is 0 Å². The third-order valence-corrected chi connectivity index (χ3v) is 2.66.